The fourth-order valence-corrected chi connectivity index (χ4v) is 2.78. The fraction of sp³-hybridized carbons (Fsp3) is 0.385. The van der Waals surface area contributed by atoms with Gasteiger partial charge in [-0.05, 0) is 24.8 Å². The number of amides is 2. The maximum absolute atomic E-state index is 11.8. The predicted octanol–water partition coefficient (Wildman–Crippen LogP) is 3.95. The lowest BCUT2D eigenvalue weighted by Gasteiger charge is -2.15. The molecule has 0 saturated carbocycles. The van der Waals surface area contributed by atoms with Crippen molar-refractivity contribution in [3.05, 3.63) is 27.7 Å². The summed E-state index contributed by atoms with van der Waals surface area (Å²) in [5, 5.41) is 14.3. The van der Waals surface area contributed by atoms with Crippen LogP contribution in [0.3, 0.4) is 0 Å². The van der Waals surface area contributed by atoms with Crippen LogP contribution in [0.25, 0.3) is 0 Å². The third-order valence-electron chi connectivity index (χ3n) is 2.48. The van der Waals surface area contributed by atoms with Crippen LogP contribution in [-0.4, -0.2) is 34.7 Å². The fourth-order valence-electron chi connectivity index (χ4n) is 1.53. The van der Waals surface area contributed by atoms with Gasteiger partial charge in [0.1, 0.15) is 0 Å². The minimum absolute atomic E-state index is 0.00852. The maximum atomic E-state index is 11.8. The summed E-state index contributed by atoms with van der Waals surface area (Å²) < 4.78 is 0. The van der Waals surface area contributed by atoms with Crippen LogP contribution >= 0.6 is 35.0 Å². The summed E-state index contributed by atoms with van der Waals surface area (Å²) in [4.78, 5) is 22.7. The molecule has 1 aromatic carbocycles. The number of anilines is 1. The SMILES string of the molecule is CCSCC(C)NC(=O)Nc1c(Cl)cc(C(=O)O)cc1Cl. The van der Waals surface area contributed by atoms with Gasteiger partial charge in [0, 0.05) is 11.8 Å². The van der Waals surface area contributed by atoms with Gasteiger partial charge in [0.25, 0.3) is 0 Å². The molecular weight excluding hydrogens is 335 g/mol. The van der Waals surface area contributed by atoms with Crippen molar-refractivity contribution in [1.29, 1.82) is 0 Å². The molecule has 21 heavy (non-hydrogen) atoms. The quantitative estimate of drug-likeness (QED) is 0.725. The first-order valence-corrected chi connectivity index (χ1v) is 8.13. The van der Waals surface area contributed by atoms with E-state index in [1.165, 1.54) is 12.1 Å². The number of carbonyl (C=O) groups is 2. The summed E-state index contributed by atoms with van der Waals surface area (Å²) in [6.07, 6.45) is 0. The average molecular weight is 351 g/mol. The van der Waals surface area contributed by atoms with Crippen LogP contribution in [0.4, 0.5) is 10.5 Å². The van der Waals surface area contributed by atoms with Gasteiger partial charge in [-0.2, -0.15) is 11.8 Å². The van der Waals surface area contributed by atoms with Gasteiger partial charge >= 0.3 is 12.0 Å². The van der Waals surface area contributed by atoms with Crippen molar-refractivity contribution >= 4 is 52.7 Å². The highest BCUT2D eigenvalue weighted by Gasteiger charge is 2.15. The molecule has 3 N–H and O–H groups in total. The number of aromatic carboxylic acids is 1. The number of carbonyl (C=O) groups excluding carboxylic acids is 1. The lowest BCUT2D eigenvalue weighted by atomic mass is 10.2. The molecule has 8 heteroatoms. The Labute approximate surface area is 137 Å². The monoisotopic (exact) mass is 350 g/mol. The molecular formula is C13H16Cl2N2O3S. The molecule has 0 fully saturated rings. The molecule has 0 saturated heterocycles. The van der Waals surface area contributed by atoms with Crippen LogP contribution in [0.1, 0.15) is 24.2 Å². The number of benzene rings is 1. The summed E-state index contributed by atoms with van der Waals surface area (Å²) in [6, 6.07) is 2.03. The van der Waals surface area contributed by atoms with E-state index in [0.29, 0.717) is 0 Å². The molecule has 1 rings (SSSR count). The number of rotatable bonds is 6. The van der Waals surface area contributed by atoms with Crippen LogP contribution < -0.4 is 10.6 Å². The summed E-state index contributed by atoms with van der Waals surface area (Å²) in [5.74, 6) is 0.630. The Morgan fingerprint density at radius 2 is 1.90 bits per heavy atom. The third kappa shape index (κ3) is 5.65. The lowest BCUT2D eigenvalue weighted by Crippen LogP contribution is -2.37. The molecule has 0 spiro atoms. The van der Waals surface area contributed by atoms with Gasteiger partial charge in [0.05, 0.1) is 21.3 Å². The molecule has 0 heterocycles. The van der Waals surface area contributed by atoms with Crippen LogP contribution in [-0.2, 0) is 0 Å². The van der Waals surface area contributed by atoms with Crippen LogP contribution in [0, 0.1) is 0 Å². The van der Waals surface area contributed by atoms with Crippen molar-refractivity contribution in [2.75, 3.05) is 16.8 Å². The first kappa shape index (κ1) is 17.9. The largest absolute Gasteiger partial charge is 0.478 e. The van der Waals surface area contributed by atoms with Gasteiger partial charge in [-0.1, -0.05) is 30.1 Å². The van der Waals surface area contributed by atoms with E-state index in [9.17, 15) is 9.59 Å². The van der Waals surface area contributed by atoms with E-state index in [1.807, 2.05) is 13.8 Å². The second-order valence-corrected chi connectivity index (χ2v) is 6.41. The Hall–Kier alpha value is -1.11. The van der Waals surface area contributed by atoms with Crippen molar-refractivity contribution in [2.45, 2.75) is 19.9 Å². The molecule has 1 unspecified atom stereocenters. The van der Waals surface area contributed by atoms with Gasteiger partial charge in [-0.15, -0.1) is 0 Å². The number of halogens is 2. The zero-order valence-corrected chi connectivity index (χ0v) is 13.9. The Morgan fingerprint density at radius 3 is 2.38 bits per heavy atom. The normalized spacial score (nSPS) is 11.8. The summed E-state index contributed by atoms with van der Waals surface area (Å²) in [7, 11) is 0. The Kier molecular flexibility index (Phi) is 7.14. The molecule has 0 aromatic heterocycles. The van der Waals surface area contributed by atoms with E-state index in [0.717, 1.165) is 11.5 Å². The molecule has 0 aliphatic rings. The van der Waals surface area contributed by atoms with Gasteiger partial charge in [0.2, 0.25) is 0 Å². The number of carboxylic acid groups (broad SMARTS) is 1. The molecule has 0 radical (unpaired) electrons. The summed E-state index contributed by atoms with van der Waals surface area (Å²) >= 11 is 13.6. The Balaban J connectivity index is 2.74. The Morgan fingerprint density at radius 1 is 1.33 bits per heavy atom. The number of hydrogen-bond acceptors (Lipinski definition) is 3. The van der Waals surface area contributed by atoms with Gasteiger partial charge in [-0.25, -0.2) is 9.59 Å². The molecule has 1 aromatic rings. The van der Waals surface area contributed by atoms with E-state index in [1.54, 1.807) is 11.8 Å². The topological polar surface area (TPSA) is 78.4 Å². The van der Waals surface area contributed by atoms with E-state index >= 15 is 0 Å². The van der Waals surface area contributed by atoms with Crippen LogP contribution in [0.5, 0.6) is 0 Å². The highest BCUT2D eigenvalue weighted by Crippen LogP contribution is 2.31. The second-order valence-electron chi connectivity index (χ2n) is 4.28. The first-order valence-electron chi connectivity index (χ1n) is 6.22. The number of carboxylic acids is 1. The summed E-state index contributed by atoms with van der Waals surface area (Å²) in [5.41, 5.74) is 0.153. The van der Waals surface area contributed by atoms with Crippen molar-refractivity contribution < 1.29 is 14.7 Å². The predicted molar refractivity (Wildman–Crippen MR) is 88.0 cm³/mol. The number of nitrogens with one attached hydrogen (secondary N) is 2. The molecule has 0 aliphatic heterocycles. The van der Waals surface area contributed by atoms with Crippen molar-refractivity contribution in [3.8, 4) is 0 Å². The van der Waals surface area contributed by atoms with Crippen molar-refractivity contribution in [3.63, 3.8) is 0 Å². The Bertz CT molecular complexity index is 517. The van der Waals surface area contributed by atoms with E-state index in [-0.39, 0.29) is 27.3 Å². The molecule has 0 bridgehead atoms. The zero-order chi connectivity index (χ0) is 16.0. The molecule has 0 aliphatic carbocycles. The van der Waals surface area contributed by atoms with E-state index in [2.05, 4.69) is 10.6 Å². The van der Waals surface area contributed by atoms with Gasteiger partial charge in [0.15, 0.2) is 0 Å². The first-order chi connectivity index (χ1) is 9.85. The molecule has 116 valence electrons. The van der Waals surface area contributed by atoms with Crippen LogP contribution in [0.2, 0.25) is 10.0 Å². The standard InChI is InChI=1S/C13H16Cl2N2O3S/c1-3-21-6-7(2)16-13(20)17-11-9(14)4-8(12(18)19)5-10(11)15/h4-5,7H,3,6H2,1-2H3,(H,18,19)(H2,16,17,20). The third-order valence-corrected chi connectivity index (χ3v) is 4.22. The van der Waals surface area contributed by atoms with Gasteiger partial charge < -0.3 is 15.7 Å². The van der Waals surface area contributed by atoms with Crippen molar-refractivity contribution in [1.82, 2.24) is 5.32 Å². The average Bonchev–Trinajstić information content (AvgIpc) is 2.40. The molecule has 5 nitrogen and oxygen atoms in total. The van der Waals surface area contributed by atoms with Crippen LogP contribution in [0.15, 0.2) is 12.1 Å². The number of thioether (sulfide) groups is 1. The zero-order valence-electron chi connectivity index (χ0n) is 11.6. The minimum atomic E-state index is -1.14. The lowest BCUT2D eigenvalue weighted by molar-refractivity contribution is 0.0697. The highest BCUT2D eigenvalue weighted by molar-refractivity contribution is 7.99. The molecule has 2 amide bonds. The number of urea groups is 1. The molecule has 1 atom stereocenters. The smallest absolute Gasteiger partial charge is 0.335 e. The minimum Gasteiger partial charge on any atom is -0.478 e. The van der Waals surface area contributed by atoms with E-state index < -0.39 is 12.0 Å². The highest BCUT2D eigenvalue weighted by atomic mass is 35.5. The summed E-state index contributed by atoms with van der Waals surface area (Å²) in [6.45, 7) is 3.93. The van der Waals surface area contributed by atoms with Gasteiger partial charge in [-0.3, -0.25) is 0 Å². The number of hydrogen-bond donors (Lipinski definition) is 3. The van der Waals surface area contributed by atoms with Crippen molar-refractivity contribution in [2.24, 2.45) is 0 Å². The van der Waals surface area contributed by atoms with E-state index in [4.69, 9.17) is 28.3 Å². The maximum Gasteiger partial charge on any atom is 0.335 e. The second kappa shape index (κ2) is 8.36.